The van der Waals surface area contributed by atoms with Crippen molar-refractivity contribution in [2.24, 2.45) is 5.41 Å². The van der Waals surface area contributed by atoms with Gasteiger partial charge in [0.2, 0.25) is 0 Å². The molecule has 2 nitrogen and oxygen atoms in total. The Morgan fingerprint density at radius 3 is 2.81 bits per heavy atom. The molecule has 4 rings (SSSR count). The lowest BCUT2D eigenvalue weighted by molar-refractivity contribution is -0.124. The Labute approximate surface area is 125 Å². The molecular weight excluding hydrogens is 260 g/mol. The summed E-state index contributed by atoms with van der Waals surface area (Å²) < 4.78 is 5.34. The predicted molar refractivity (Wildman–Crippen MR) is 83.3 cm³/mol. The first-order chi connectivity index (χ1) is 10.1. The van der Waals surface area contributed by atoms with Crippen LogP contribution in [0.3, 0.4) is 0 Å². The zero-order valence-corrected chi connectivity index (χ0v) is 12.7. The van der Waals surface area contributed by atoms with E-state index in [9.17, 15) is 4.79 Å². The summed E-state index contributed by atoms with van der Waals surface area (Å²) >= 11 is 0. The summed E-state index contributed by atoms with van der Waals surface area (Å²) in [5.74, 6) is 1.35. The van der Waals surface area contributed by atoms with Gasteiger partial charge in [0.25, 0.3) is 0 Å². The van der Waals surface area contributed by atoms with Gasteiger partial charge in [-0.25, -0.2) is 0 Å². The van der Waals surface area contributed by atoms with Crippen molar-refractivity contribution in [3.05, 3.63) is 46.5 Å². The summed E-state index contributed by atoms with van der Waals surface area (Å²) in [4.78, 5) is 12.2. The Hall–Kier alpha value is -1.83. The Kier molecular flexibility index (Phi) is 2.66. The van der Waals surface area contributed by atoms with Gasteiger partial charge in [0.1, 0.15) is 11.5 Å². The number of rotatable bonds is 1. The van der Waals surface area contributed by atoms with Crippen molar-refractivity contribution in [2.75, 3.05) is 7.11 Å². The summed E-state index contributed by atoms with van der Waals surface area (Å²) in [5.41, 5.74) is 6.81. The molecule has 0 fully saturated rings. The summed E-state index contributed by atoms with van der Waals surface area (Å²) in [6, 6.07) is 6.42. The number of ether oxygens (including phenoxy) is 1. The van der Waals surface area contributed by atoms with Crippen molar-refractivity contribution in [2.45, 2.75) is 39.0 Å². The number of fused-ring (bicyclic) bond motifs is 4. The van der Waals surface area contributed by atoms with Gasteiger partial charge in [0.15, 0.2) is 0 Å². The quantitative estimate of drug-likeness (QED) is 0.774. The second-order valence-electron chi connectivity index (χ2n) is 6.56. The number of Topliss-reactive ketones (excluding diaryl/α,β-unsaturated/α-hetero) is 1. The van der Waals surface area contributed by atoms with E-state index in [0.717, 1.165) is 31.4 Å². The lowest BCUT2D eigenvalue weighted by atomic mass is 9.65. The minimum Gasteiger partial charge on any atom is -0.497 e. The topological polar surface area (TPSA) is 26.3 Å². The smallest absolute Gasteiger partial charge is 0.146 e. The fourth-order valence-electron chi connectivity index (χ4n) is 4.26. The second kappa shape index (κ2) is 4.33. The van der Waals surface area contributed by atoms with Crippen LogP contribution in [0.4, 0.5) is 0 Å². The van der Waals surface area contributed by atoms with Crippen LogP contribution in [0, 0.1) is 5.41 Å². The average molecular weight is 280 g/mol. The van der Waals surface area contributed by atoms with Gasteiger partial charge in [0, 0.05) is 6.42 Å². The fraction of sp³-hybridized carbons (Fsp3) is 0.421. The Balaban J connectivity index is 1.85. The Bertz CT molecular complexity index is 708. The lowest BCUT2D eigenvalue weighted by Crippen LogP contribution is -2.30. The van der Waals surface area contributed by atoms with E-state index in [2.05, 4.69) is 31.2 Å². The molecule has 2 heteroatoms. The minimum atomic E-state index is -0.206. The van der Waals surface area contributed by atoms with Gasteiger partial charge in [-0.05, 0) is 72.6 Å². The number of allylic oxidation sites excluding steroid dienone is 4. The molecule has 0 heterocycles. The highest BCUT2D eigenvalue weighted by Gasteiger charge is 2.45. The third-order valence-corrected chi connectivity index (χ3v) is 5.55. The van der Waals surface area contributed by atoms with E-state index in [1.807, 2.05) is 0 Å². The van der Waals surface area contributed by atoms with Crippen LogP contribution in [0.1, 0.15) is 43.7 Å². The molecule has 0 amide bonds. The van der Waals surface area contributed by atoms with E-state index in [-0.39, 0.29) is 5.41 Å². The average Bonchev–Trinajstić information content (AvgIpc) is 2.82. The number of methoxy groups -OCH3 is 1. The minimum absolute atomic E-state index is 0.206. The third kappa shape index (κ3) is 1.68. The highest BCUT2D eigenvalue weighted by Crippen LogP contribution is 2.53. The highest BCUT2D eigenvalue weighted by molar-refractivity contribution is 5.96. The first kappa shape index (κ1) is 12.9. The van der Waals surface area contributed by atoms with Crippen LogP contribution in [0.25, 0.3) is 5.57 Å². The summed E-state index contributed by atoms with van der Waals surface area (Å²) in [6.45, 7) is 2.14. The summed E-state index contributed by atoms with van der Waals surface area (Å²) in [5, 5.41) is 0. The van der Waals surface area contributed by atoms with E-state index in [1.54, 1.807) is 7.11 Å². The number of hydrogen-bond acceptors (Lipinski definition) is 2. The maximum atomic E-state index is 12.2. The van der Waals surface area contributed by atoms with Crippen molar-refractivity contribution >= 4 is 11.4 Å². The van der Waals surface area contributed by atoms with Crippen LogP contribution in [-0.4, -0.2) is 12.9 Å². The predicted octanol–water partition coefficient (Wildman–Crippen LogP) is 4.09. The largest absolute Gasteiger partial charge is 0.497 e. The number of carbonyl (C=O) groups excluding carboxylic acids is 1. The van der Waals surface area contributed by atoms with E-state index in [0.29, 0.717) is 12.2 Å². The Morgan fingerprint density at radius 1 is 1.14 bits per heavy atom. The summed E-state index contributed by atoms with van der Waals surface area (Å²) in [6.07, 6.45) is 6.90. The number of ketones is 1. The van der Waals surface area contributed by atoms with Crippen LogP contribution in [0.15, 0.2) is 35.4 Å². The van der Waals surface area contributed by atoms with Crippen molar-refractivity contribution in [1.29, 1.82) is 0 Å². The molecular formula is C19H20O2. The summed E-state index contributed by atoms with van der Waals surface area (Å²) in [7, 11) is 1.72. The molecule has 3 aliphatic carbocycles. The lowest BCUT2D eigenvalue weighted by Gasteiger charge is -2.37. The molecule has 21 heavy (non-hydrogen) atoms. The molecule has 0 bridgehead atoms. The van der Waals surface area contributed by atoms with E-state index in [4.69, 9.17) is 4.74 Å². The van der Waals surface area contributed by atoms with Crippen LogP contribution in [-0.2, 0) is 11.2 Å². The van der Waals surface area contributed by atoms with E-state index in [1.165, 1.54) is 27.8 Å². The zero-order valence-electron chi connectivity index (χ0n) is 12.7. The van der Waals surface area contributed by atoms with Crippen LogP contribution >= 0.6 is 0 Å². The second-order valence-corrected chi connectivity index (χ2v) is 6.56. The normalized spacial score (nSPS) is 27.0. The molecule has 1 atom stereocenters. The van der Waals surface area contributed by atoms with Gasteiger partial charge < -0.3 is 4.74 Å². The van der Waals surface area contributed by atoms with Crippen LogP contribution < -0.4 is 4.74 Å². The van der Waals surface area contributed by atoms with Gasteiger partial charge in [-0.15, -0.1) is 0 Å². The van der Waals surface area contributed by atoms with Gasteiger partial charge >= 0.3 is 0 Å². The van der Waals surface area contributed by atoms with Gasteiger partial charge in [-0.1, -0.05) is 12.1 Å². The van der Waals surface area contributed by atoms with Crippen molar-refractivity contribution in [3.63, 3.8) is 0 Å². The van der Waals surface area contributed by atoms with Crippen LogP contribution in [0.2, 0.25) is 0 Å². The molecule has 1 aromatic rings. The van der Waals surface area contributed by atoms with Gasteiger partial charge in [-0.3, -0.25) is 4.79 Å². The van der Waals surface area contributed by atoms with E-state index >= 15 is 0 Å². The van der Waals surface area contributed by atoms with Gasteiger partial charge in [-0.2, -0.15) is 0 Å². The van der Waals surface area contributed by atoms with Crippen LogP contribution in [0.5, 0.6) is 5.75 Å². The molecule has 0 N–H and O–H groups in total. The maximum Gasteiger partial charge on any atom is 0.146 e. The molecule has 0 saturated heterocycles. The maximum absolute atomic E-state index is 12.2. The molecule has 0 aromatic heterocycles. The molecule has 0 radical (unpaired) electrons. The first-order valence-electron chi connectivity index (χ1n) is 7.77. The van der Waals surface area contributed by atoms with E-state index < -0.39 is 0 Å². The molecule has 0 aliphatic heterocycles. The monoisotopic (exact) mass is 280 g/mol. The highest BCUT2D eigenvalue weighted by atomic mass is 16.5. The third-order valence-electron chi connectivity index (χ3n) is 5.55. The number of carbonyl (C=O) groups is 1. The Morgan fingerprint density at radius 2 is 2.00 bits per heavy atom. The molecule has 0 unspecified atom stereocenters. The molecule has 108 valence electrons. The number of benzene rings is 1. The van der Waals surface area contributed by atoms with Crippen molar-refractivity contribution in [3.8, 4) is 5.75 Å². The molecule has 0 spiro atoms. The fourth-order valence-corrected chi connectivity index (χ4v) is 4.26. The first-order valence-corrected chi connectivity index (χ1v) is 7.77. The zero-order chi connectivity index (χ0) is 14.6. The molecule has 0 saturated carbocycles. The number of hydrogen-bond donors (Lipinski definition) is 0. The molecule has 3 aliphatic rings. The van der Waals surface area contributed by atoms with Crippen molar-refractivity contribution < 1.29 is 9.53 Å². The van der Waals surface area contributed by atoms with Crippen molar-refractivity contribution in [1.82, 2.24) is 0 Å². The van der Waals surface area contributed by atoms with Gasteiger partial charge in [0.05, 0.1) is 12.5 Å². The standard InChI is InChI=1S/C19H20O2/c1-19-10-9-15-14-6-4-13(21-2)11-12(14)3-5-16(15)17(19)7-8-18(19)20/h4,6-7,11H,3,5,8-10H2,1-2H3/t19-/m1/s1. The SMILES string of the molecule is COc1ccc2c(c1)CCC1=C2CC[C@@]2(C)C(=O)CC=C12. The molecule has 1 aromatic carbocycles. The number of aryl methyl sites for hydroxylation is 1.